The molecule has 0 radical (unpaired) electrons. The molecular formula is C22H29N3O4. The highest BCUT2D eigenvalue weighted by Gasteiger charge is 2.22. The number of methoxy groups -OCH3 is 3. The summed E-state index contributed by atoms with van der Waals surface area (Å²) in [6.45, 7) is 3.49. The molecule has 0 unspecified atom stereocenters. The van der Waals surface area contributed by atoms with E-state index in [1.807, 2.05) is 41.3 Å². The molecular weight excluding hydrogens is 370 g/mol. The molecule has 1 fully saturated rings. The fraction of sp³-hybridized carbons (Fsp3) is 0.409. The second-order valence-electron chi connectivity index (χ2n) is 6.82. The van der Waals surface area contributed by atoms with Crippen molar-refractivity contribution in [1.82, 2.24) is 10.2 Å². The van der Waals surface area contributed by atoms with Crippen molar-refractivity contribution in [2.75, 3.05) is 59.0 Å². The number of hydrogen-bond donors (Lipinski definition) is 1. The van der Waals surface area contributed by atoms with Crippen LogP contribution in [-0.2, 0) is 6.42 Å². The normalized spacial score (nSPS) is 13.8. The summed E-state index contributed by atoms with van der Waals surface area (Å²) in [7, 11) is 4.92. The van der Waals surface area contributed by atoms with E-state index >= 15 is 0 Å². The molecule has 7 heteroatoms. The average Bonchev–Trinajstić information content (AvgIpc) is 2.78. The van der Waals surface area contributed by atoms with Gasteiger partial charge in [0.15, 0.2) is 11.5 Å². The summed E-state index contributed by atoms with van der Waals surface area (Å²) in [5, 5.41) is 3.02. The van der Waals surface area contributed by atoms with Crippen LogP contribution in [0.3, 0.4) is 0 Å². The van der Waals surface area contributed by atoms with Gasteiger partial charge in [0.25, 0.3) is 0 Å². The molecule has 0 aliphatic carbocycles. The summed E-state index contributed by atoms with van der Waals surface area (Å²) in [4.78, 5) is 16.6. The molecule has 1 heterocycles. The highest BCUT2D eigenvalue weighted by atomic mass is 16.5. The molecule has 0 atom stereocenters. The Balaban J connectivity index is 1.47. The molecule has 1 aliphatic rings. The minimum absolute atomic E-state index is 0.0230. The fourth-order valence-electron chi connectivity index (χ4n) is 3.50. The molecule has 2 aromatic rings. The van der Waals surface area contributed by atoms with Crippen LogP contribution in [0.1, 0.15) is 5.56 Å². The Morgan fingerprint density at radius 2 is 1.59 bits per heavy atom. The van der Waals surface area contributed by atoms with E-state index in [4.69, 9.17) is 14.2 Å². The summed E-state index contributed by atoms with van der Waals surface area (Å²) in [6.07, 6.45) is 0.729. The molecule has 7 nitrogen and oxygen atoms in total. The van der Waals surface area contributed by atoms with Gasteiger partial charge in [-0.3, -0.25) is 0 Å². The minimum Gasteiger partial charge on any atom is -0.495 e. The summed E-state index contributed by atoms with van der Waals surface area (Å²) < 4.78 is 16.0. The molecule has 1 saturated heterocycles. The number of amides is 2. The Labute approximate surface area is 172 Å². The van der Waals surface area contributed by atoms with Gasteiger partial charge in [0.05, 0.1) is 27.0 Å². The quantitative estimate of drug-likeness (QED) is 0.776. The number of rotatable bonds is 7. The van der Waals surface area contributed by atoms with E-state index in [2.05, 4.69) is 16.3 Å². The van der Waals surface area contributed by atoms with Crippen molar-refractivity contribution in [3.05, 3.63) is 48.0 Å². The van der Waals surface area contributed by atoms with E-state index < -0.39 is 0 Å². The zero-order valence-electron chi connectivity index (χ0n) is 17.3. The van der Waals surface area contributed by atoms with Gasteiger partial charge < -0.3 is 29.3 Å². The Hall–Kier alpha value is -3.09. The second-order valence-corrected chi connectivity index (χ2v) is 6.82. The van der Waals surface area contributed by atoms with Crippen LogP contribution in [0.5, 0.6) is 17.2 Å². The number of carbonyl (C=O) groups excluding carboxylic acids is 1. The molecule has 3 rings (SSSR count). The van der Waals surface area contributed by atoms with E-state index in [0.717, 1.165) is 36.5 Å². The van der Waals surface area contributed by atoms with Gasteiger partial charge in [-0.05, 0) is 36.2 Å². The standard InChI is InChI=1S/C22H29N3O4/c1-27-19-7-5-4-6-18(19)24-12-14-25(15-13-24)22(26)23-11-10-17-8-9-20(28-2)21(16-17)29-3/h4-9,16H,10-15H2,1-3H3,(H,23,26). The van der Waals surface area contributed by atoms with Crippen LogP contribution in [0.4, 0.5) is 10.5 Å². The predicted molar refractivity (Wildman–Crippen MR) is 113 cm³/mol. The fourth-order valence-corrected chi connectivity index (χ4v) is 3.50. The lowest BCUT2D eigenvalue weighted by Crippen LogP contribution is -2.52. The summed E-state index contributed by atoms with van der Waals surface area (Å²) in [5.41, 5.74) is 2.16. The first-order valence-electron chi connectivity index (χ1n) is 9.78. The van der Waals surface area contributed by atoms with Crippen LogP contribution < -0.4 is 24.4 Å². The first kappa shape index (κ1) is 20.6. The van der Waals surface area contributed by atoms with Crippen molar-refractivity contribution >= 4 is 11.7 Å². The first-order valence-corrected chi connectivity index (χ1v) is 9.78. The number of piperazine rings is 1. The third kappa shape index (κ3) is 5.04. The smallest absolute Gasteiger partial charge is 0.317 e. The largest absolute Gasteiger partial charge is 0.495 e. The van der Waals surface area contributed by atoms with E-state index in [-0.39, 0.29) is 6.03 Å². The molecule has 29 heavy (non-hydrogen) atoms. The number of nitrogens with one attached hydrogen (secondary N) is 1. The molecule has 2 aromatic carbocycles. The monoisotopic (exact) mass is 399 g/mol. The van der Waals surface area contributed by atoms with Gasteiger partial charge in [-0.2, -0.15) is 0 Å². The van der Waals surface area contributed by atoms with Gasteiger partial charge in [-0.1, -0.05) is 18.2 Å². The predicted octanol–water partition coefficient (Wildman–Crippen LogP) is 2.79. The van der Waals surface area contributed by atoms with Crippen LogP contribution in [0.15, 0.2) is 42.5 Å². The average molecular weight is 399 g/mol. The molecule has 0 aromatic heterocycles. The maximum Gasteiger partial charge on any atom is 0.317 e. The number of benzene rings is 2. The molecule has 0 saturated carbocycles. The van der Waals surface area contributed by atoms with Crippen molar-refractivity contribution in [3.8, 4) is 17.2 Å². The highest BCUT2D eigenvalue weighted by molar-refractivity contribution is 5.74. The SMILES string of the molecule is COc1ccc(CCNC(=O)N2CCN(c3ccccc3OC)CC2)cc1OC. The van der Waals surface area contributed by atoms with Gasteiger partial charge in [-0.25, -0.2) is 4.79 Å². The number of urea groups is 1. The summed E-state index contributed by atoms with van der Waals surface area (Å²) in [5.74, 6) is 2.26. The van der Waals surface area contributed by atoms with E-state index in [9.17, 15) is 4.79 Å². The van der Waals surface area contributed by atoms with E-state index in [1.165, 1.54) is 0 Å². The third-order valence-electron chi connectivity index (χ3n) is 5.13. The number of para-hydroxylation sites is 2. The van der Waals surface area contributed by atoms with Crippen LogP contribution in [0.2, 0.25) is 0 Å². The molecule has 1 aliphatic heterocycles. The lowest BCUT2D eigenvalue weighted by Gasteiger charge is -2.36. The van der Waals surface area contributed by atoms with Crippen molar-refractivity contribution in [2.24, 2.45) is 0 Å². The van der Waals surface area contributed by atoms with Gasteiger partial charge >= 0.3 is 6.03 Å². The number of carbonyl (C=O) groups is 1. The van der Waals surface area contributed by atoms with Crippen LogP contribution in [0, 0.1) is 0 Å². The molecule has 2 amide bonds. The van der Waals surface area contributed by atoms with Crippen LogP contribution in [-0.4, -0.2) is 65.0 Å². The van der Waals surface area contributed by atoms with Gasteiger partial charge in [0, 0.05) is 32.7 Å². The number of nitrogens with zero attached hydrogens (tertiary/aromatic N) is 2. The second kappa shape index (κ2) is 9.91. The first-order chi connectivity index (χ1) is 14.2. The van der Waals surface area contributed by atoms with Crippen molar-refractivity contribution in [2.45, 2.75) is 6.42 Å². The number of ether oxygens (including phenoxy) is 3. The topological polar surface area (TPSA) is 63.3 Å². The van der Waals surface area contributed by atoms with Gasteiger partial charge in [0.1, 0.15) is 5.75 Å². The zero-order chi connectivity index (χ0) is 20.6. The molecule has 0 bridgehead atoms. The number of hydrogen-bond acceptors (Lipinski definition) is 5. The van der Waals surface area contributed by atoms with Crippen molar-refractivity contribution < 1.29 is 19.0 Å². The van der Waals surface area contributed by atoms with Gasteiger partial charge in [0.2, 0.25) is 0 Å². The Bertz CT molecular complexity index is 819. The molecule has 1 N–H and O–H groups in total. The lowest BCUT2D eigenvalue weighted by atomic mass is 10.1. The van der Waals surface area contributed by atoms with Crippen LogP contribution >= 0.6 is 0 Å². The minimum atomic E-state index is -0.0230. The van der Waals surface area contributed by atoms with E-state index in [1.54, 1.807) is 21.3 Å². The van der Waals surface area contributed by atoms with Crippen LogP contribution in [0.25, 0.3) is 0 Å². The maximum atomic E-state index is 12.5. The molecule has 0 spiro atoms. The Morgan fingerprint density at radius 3 is 2.28 bits per heavy atom. The third-order valence-corrected chi connectivity index (χ3v) is 5.13. The van der Waals surface area contributed by atoms with Crippen molar-refractivity contribution in [3.63, 3.8) is 0 Å². The number of anilines is 1. The van der Waals surface area contributed by atoms with Gasteiger partial charge in [-0.15, -0.1) is 0 Å². The maximum absolute atomic E-state index is 12.5. The Kier molecular flexibility index (Phi) is 7.05. The lowest BCUT2D eigenvalue weighted by molar-refractivity contribution is 0.194. The summed E-state index contributed by atoms with van der Waals surface area (Å²) >= 11 is 0. The van der Waals surface area contributed by atoms with E-state index in [0.29, 0.717) is 31.1 Å². The summed E-state index contributed by atoms with van der Waals surface area (Å²) in [6, 6.07) is 13.8. The Morgan fingerprint density at radius 1 is 0.897 bits per heavy atom. The highest BCUT2D eigenvalue weighted by Crippen LogP contribution is 2.29. The van der Waals surface area contributed by atoms with Crippen molar-refractivity contribution in [1.29, 1.82) is 0 Å². The zero-order valence-corrected chi connectivity index (χ0v) is 17.3. The molecule has 156 valence electrons.